The van der Waals surface area contributed by atoms with E-state index in [0.29, 0.717) is 0 Å². The van der Waals surface area contributed by atoms with Crippen LogP contribution in [0.1, 0.15) is 12.0 Å². The van der Waals surface area contributed by atoms with Crippen molar-refractivity contribution in [2.24, 2.45) is 5.73 Å². The van der Waals surface area contributed by atoms with Crippen LogP contribution >= 0.6 is 0 Å². The summed E-state index contributed by atoms with van der Waals surface area (Å²) in [6.45, 7) is 0. The average molecular weight is 252 g/mol. The molecule has 0 saturated carbocycles. The molecule has 0 heterocycles. The number of benzene rings is 2. The van der Waals surface area contributed by atoms with Crippen molar-refractivity contribution in [2.45, 2.75) is 6.42 Å². The molecule has 0 aliphatic carbocycles. The summed E-state index contributed by atoms with van der Waals surface area (Å²) >= 11 is 0. The van der Waals surface area contributed by atoms with Crippen LogP contribution < -0.4 is 11.1 Å². The third-order valence-electron chi connectivity index (χ3n) is 2.60. The summed E-state index contributed by atoms with van der Waals surface area (Å²) in [5, 5.41) is 3.31. The summed E-state index contributed by atoms with van der Waals surface area (Å²) < 4.78 is 0. The van der Waals surface area contributed by atoms with Gasteiger partial charge in [0.05, 0.1) is 0 Å². The van der Waals surface area contributed by atoms with E-state index in [1.165, 1.54) is 0 Å². The van der Waals surface area contributed by atoms with Gasteiger partial charge in [-0.2, -0.15) is 0 Å². The molecule has 0 atom stereocenters. The highest BCUT2D eigenvalue weighted by Gasteiger charge is 1.94. The number of amides is 1. The second-order valence-corrected chi connectivity index (χ2v) is 4.19. The Bertz CT molecular complexity index is 559. The van der Waals surface area contributed by atoms with Crippen LogP contribution in [-0.4, -0.2) is 5.91 Å². The van der Waals surface area contributed by atoms with Crippen LogP contribution in [0.2, 0.25) is 0 Å². The SMILES string of the molecule is NC(=O)CC=Cc1ccc(Nc2ccccc2)cc1. The summed E-state index contributed by atoms with van der Waals surface area (Å²) in [7, 11) is 0. The van der Waals surface area contributed by atoms with E-state index in [2.05, 4.69) is 5.32 Å². The molecule has 0 spiro atoms. The van der Waals surface area contributed by atoms with Crippen molar-refractivity contribution >= 4 is 23.4 Å². The van der Waals surface area contributed by atoms with E-state index >= 15 is 0 Å². The highest BCUT2D eigenvalue weighted by Crippen LogP contribution is 2.17. The molecule has 2 aromatic carbocycles. The van der Waals surface area contributed by atoms with Crippen molar-refractivity contribution in [1.82, 2.24) is 0 Å². The number of nitrogens with two attached hydrogens (primary N) is 1. The third kappa shape index (κ3) is 4.32. The quantitative estimate of drug-likeness (QED) is 0.857. The van der Waals surface area contributed by atoms with Crippen molar-refractivity contribution in [3.63, 3.8) is 0 Å². The maximum absolute atomic E-state index is 10.6. The molecule has 1 amide bonds. The third-order valence-corrected chi connectivity index (χ3v) is 2.60. The largest absolute Gasteiger partial charge is 0.369 e. The van der Waals surface area contributed by atoms with Gasteiger partial charge in [-0.1, -0.05) is 42.5 Å². The molecule has 3 heteroatoms. The molecule has 0 bridgehead atoms. The maximum atomic E-state index is 10.6. The standard InChI is InChI=1S/C16H16N2O/c17-16(19)8-4-5-13-9-11-15(12-10-13)18-14-6-2-1-3-7-14/h1-7,9-12,18H,8H2,(H2,17,19). The van der Waals surface area contributed by atoms with E-state index in [1.54, 1.807) is 6.08 Å². The monoisotopic (exact) mass is 252 g/mol. The zero-order valence-corrected chi connectivity index (χ0v) is 10.5. The van der Waals surface area contributed by atoms with Gasteiger partial charge in [0.15, 0.2) is 0 Å². The molecule has 0 unspecified atom stereocenters. The summed E-state index contributed by atoms with van der Waals surface area (Å²) in [4.78, 5) is 10.6. The Labute approximate surface area is 112 Å². The van der Waals surface area contributed by atoms with Crippen LogP contribution in [0.3, 0.4) is 0 Å². The van der Waals surface area contributed by atoms with E-state index in [0.717, 1.165) is 16.9 Å². The van der Waals surface area contributed by atoms with E-state index in [-0.39, 0.29) is 12.3 Å². The molecule has 0 aliphatic heterocycles. The van der Waals surface area contributed by atoms with Gasteiger partial charge in [-0.3, -0.25) is 4.79 Å². The number of hydrogen-bond acceptors (Lipinski definition) is 2. The highest BCUT2D eigenvalue weighted by molar-refractivity contribution is 5.76. The molecule has 0 fully saturated rings. The van der Waals surface area contributed by atoms with Gasteiger partial charge in [0.25, 0.3) is 0 Å². The first-order chi connectivity index (χ1) is 9.24. The summed E-state index contributed by atoms with van der Waals surface area (Å²) in [5.74, 6) is -0.321. The fourth-order valence-corrected chi connectivity index (χ4v) is 1.68. The zero-order chi connectivity index (χ0) is 13.5. The lowest BCUT2D eigenvalue weighted by Crippen LogP contribution is -2.07. The molecule has 19 heavy (non-hydrogen) atoms. The molecule has 96 valence electrons. The van der Waals surface area contributed by atoms with Crippen molar-refractivity contribution in [1.29, 1.82) is 0 Å². The predicted molar refractivity (Wildman–Crippen MR) is 79.0 cm³/mol. The molecule has 0 aliphatic rings. The molecular formula is C16H16N2O. The van der Waals surface area contributed by atoms with E-state index in [4.69, 9.17) is 5.73 Å². The van der Waals surface area contributed by atoms with Gasteiger partial charge in [0.2, 0.25) is 5.91 Å². The number of rotatable bonds is 5. The Balaban J connectivity index is 1.98. The lowest BCUT2D eigenvalue weighted by molar-refractivity contribution is -0.117. The summed E-state index contributed by atoms with van der Waals surface area (Å²) in [5.41, 5.74) is 8.19. The Kier molecular flexibility index (Phi) is 4.34. The number of para-hydroxylation sites is 1. The van der Waals surface area contributed by atoms with Crippen molar-refractivity contribution in [2.75, 3.05) is 5.32 Å². The van der Waals surface area contributed by atoms with Crippen LogP contribution in [0, 0.1) is 0 Å². The molecule has 0 radical (unpaired) electrons. The molecule has 2 rings (SSSR count). The Hall–Kier alpha value is -2.55. The lowest BCUT2D eigenvalue weighted by Gasteiger charge is -2.06. The van der Waals surface area contributed by atoms with Gasteiger partial charge in [0.1, 0.15) is 0 Å². The zero-order valence-electron chi connectivity index (χ0n) is 10.5. The Morgan fingerprint density at radius 3 is 2.26 bits per heavy atom. The molecular weight excluding hydrogens is 236 g/mol. The summed E-state index contributed by atoms with van der Waals surface area (Å²) in [6, 6.07) is 18.0. The minimum absolute atomic E-state index is 0.268. The maximum Gasteiger partial charge on any atom is 0.221 e. The van der Waals surface area contributed by atoms with Crippen LogP contribution in [0.4, 0.5) is 11.4 Å². The van der Waals surface area contributed by atoms with Gasteiger partial charge < -0.3 is 11.1 Å². The first-order valence-corrected chi connectivity index (χ1v) is 6.11. The number of nitrogens with one attached hydrogen (secondary N) is 1. The lowest BCUT2D eigenvalue weighted by atomic mass is 10.1. The van der Waals surface area contributed by atoms with Gasteiger partial charge >= 0.3 is 0 Å². The second kappa shape index (κ2) is 6.40. The number of carbonyl (C=O) groups excluding carboxylic acids is 1. The number of anilines is 2. The molecule has 3 nitrogen and oxygen atoms in total. The van der Waals surface area contributed by atoms with Crippen LogP contribution in [0.15, 0.2) is 60.7 Å². The molecule has 3 N–H and O–H groups in total. The Morgan fingerprint density at radius 2 is 1.63 bits per heavy atom. The Morgan fingerprint density at radius 1 is 1.00 bits per heavy atom. The van der Waals surface area contributed by atoms with Crippen molar-refractivity contribution in [3.8, 4) is 0 Å². The van der Waals surface area contributed by atoms with Crippen LogP contribution in [0.25, 0.3) is 6.08 Å². The second-order valence-electron chi connectivity index (χ2n) is 4.19. The molecule has 0 saturated heterocycles. The fourth-order valence-electron chi connectivity index (χ4n) is 1.68. The molecule has 2 aromatic rings. The number of hydrogen-bond donors (Lipinski definition) is 2. The van der Waals surface area contributed by atoms with Gasteiger partial charge in [0, 0.05) is 17.8 Å². The topological polar surface area (TPSA) is 55.1 Å². The first kappa shape index (κ1) is 12.9. The van der Waals surface area contributed by atoms with Crippen LogP contribution in [-0.2, 0) is 4.79 Å². The van der Waals surface area contributed by atoms with E-state index in [9.17, 15) is 4.79 Å². The van der Waals surface area contributed by atoms with Crippen LogP contribution in [0.5, 0.6) is 0 Å². The number of carbonyl (C=O) groups is 1. The minimum atomic E-state index is -0.321. The van der Waals surface area contributed by atoms with Gasteiger partial charge in [-0.25, -0.2) is 0 Å². The predicted octanol–water partition coefficient (Wildman–Crippen LogP) is 3.32. The minimum Gasteiger partial charge on any atom is -0.369 e. The van der Waals surface area contributed by atoms with Crippen molar-refractivity contribution < 1.29 is 4.79 Å². The van der Waals surface area contributed by atoms with Gasteiger partial charge in [-0.05, 0) is 29.8 Å². The average Bonchev–Trinajstić information content (AvgIpc) is 2.42. The fraction of sp³-hybridized carbons (Fsp3) is 0.0625. The van der Waals surface area contributed by atoms with Crippen molar-refractivity contribution in [3.05, 3.63) is 66.2 Å². The van der Waals surface area contributed by atoms with Gasteiger partial charge in [-0.15, -0.1) is 0 Å². The number of primary amides is 1. The normalized spacial score (nSPS) is 10.5. The first-order valence-electron chi connectivity index (χ1n) is 6.11. The summed E-state index contributed by atoms with van der Waals surface area (Å²) in [6.07, 6.45) is 3.92. The smallest absolute Gasteiger partial charge is 0.221 e. The highest BCUT2D eigenvalue weighted by atomic mass is 16.1. The molecule has 0 aromatic heterocycles. The van der Waals surface area contributed by atoms with E-state index < -0.39 is 0 Å². The van der Waals surface area contributed by atoms with E-state index in [1.807, 2.05) is 60.7 Å².